The lowest BCUT2D eigenvalue weighted by atomic mass is 10.0. The first-order valence-corrected chi connectivity index (χ1v) is 11.2. The summed E-state index contributed by atoms with van der Waals surface area (Å²) in [5, 5.41) is 4.64. The van der Waals surface area contributed by atoms with Gasteiger partial charge < -0.3 is 10.1 Å². The Morgan fingerprint density at radius 3 is 2.69 bits per heavy atom. The maximum absolute atomic E-state index is 13.2. The van der Waals surface area contributed by atoms with E-state index in [9.17, 15) is 13.2 Å². The lowest BCUT2D eigenvalue weighted by Gasteiger charge is -2.18. The number of benzene rings is 3. The summed E-state index contributed by atoms with van der Waals surface area (Å²) < 4.78 is 31.5. The fraction of sp³-hybridized carbons (Fsp3) is 0.227. The summed E-state index contributed by atoms with van der Waals surface area (Å²) in [6.07, 6.45) is 0.604. The van der Waals surface area contributed by atoms with E-state index in [1.807, 2.05) is 37.3 Å². The van der Waals surface area contributed by atoms with E-state index in [-0.39, 0.29) is 11.7 Å². The minimum absolute atomic E-state index is 0.150. The van der Waals surface area contributed by atoms with Crippen LogP contribution in [-0.4, -0.2) is 33.2 Å². The Morgan fingerprint density at radius 1 is 1.10 bits per heavy atom. The number of carbonyl (C=O) groups excluding carboxylic acids is 1. The molecule has 0 saturated carbocycles. The first-order valence-electron chi connectivity index (χ1n) is 9.56. The van der Waals surface area contributed by atoms with E-state index >= 15 is 0 Å². The molecule has 1 heterocycles. The van der Waals surface area contributed by atoms with Gasteiger partial charge in [0.1, 0.15) is 5.75 Å². The second-order valence-electron chi connectivity index (χ2n) is 6.84. The van der Waals surface area contributed by atoms with E-state index in [1.54, 1.807) is 30.3 Å². The van der Waals surface area contributed by atoms with Crippen molar-refractivity contribution in [2.45, 2.75) is 13.3 Å². The molecule has 0 atom stereocenters. The Bertz CT molecular complexity index is 1170. The average Bonchev–Trinajstić information content (AvgIpc) is 3.07. The maximum Gasteiger partial charge on any atom is 0.260 e. The van der Waals surface area contributed by atoms with Gasteiger partial charge >= 0.3 is 0 Å². The molecule has 0 radical (unpaired) electrons. The molecule has 3 aromatic rings. The number of amides is 1. The van der Waals surface area contributed by atoms with Gasteiger partial charge in [0, 0.05) is 12.2 Å². The predicted octanol–water partition coefficient (Wildman–Crippen LogP) is 4.03. The number of rotatable bonds is 5. The van der Waals surface area contributed by atoms with E-state index in [2.05, 4.69) is 5.32 Å². The van der Waals surface area contributed by atoms with Gasteiger partial charge in [0.25, 0.3) is 5.91 Å². The topological polar surface area (TPSA) is 75.7 Å². The summed E-state index contributed by atoms with van der Waals surface area (Å²) in [6.45, 7) is 2.77. The molecule has 1 amide bonds. The Balaban J connectivity index is 1.69. The highest BCUT2D eigenvalue weighted by Crippen LogP contribution is 2.30. The van der Waals surface area contributed by atoms with E-state index in [4.69, 9.17) is 4.74 Å². The molecule has 7 heteroatoms. The van der Waals surface area contributed by atoms with Crippen molar-refractivity contribution in [3.05, 3.63) is 66.2 Å². The average molecular weight is 410 g/mol. The molecule has 1 N–H and O–H groups in total. The van der Waals surface area contributed by atoms with Gasteiger partial charge in [0.2, 0.25) is 10.0 Å². The molecule has 0 spiro atoms. The lowest BCUT2D eigenvalue weighted by molar-refractivity contribution is 0.102. The molecule has 4 rings (SSSR count). The summed E-state index contributed by atoms with van der Waals surface area (Å²) in [4.78, 5) is 13.2. The number of hydrogen-bond acceptors (Lipinski definition) is 4. The minimum atomic E-state index is -3.28. The number of nitrogens with one attached hydrogen (secondary N) is 1. The predicted molar refractivity (Wildman–Crippen MR) is 115 cm³/mol. The third-order valence-electron chi connectivity index (χ3n) is 4.91. The Kier molecular flexibility index (Phi) is 5.15. The van der Waals surface area contributed by atoms with Crippen LogP contribution in [0.4, 0.5) is 11.4 Å². The van der Waals surface area contributed by atoms with Crippen LogP contribution in [0.2, 0.25) is 0 Å². The number of anilines is 2. The van der Waals surface area contributed by atoms with Crippen LogP contribution in [0.15, 0.2) is 60.7 Å². The maximum atomic E-state index is 13.2. The zero-order chi connectivity index (χ0) is 20.4. The van der Waals surface area contributed by atoms with Gasteiger partial charge in [-0.05, 0) is 48.4 Å². The molecule has 1 aliphatic heterocycles. The van der Waals surface area contributed by atoms with Crippen LogP contribution in [0.1, 0.15) is 23.7 Å². The van der Waals surface area contributed by atoms with E-state index in [1.165, 1.54) is 4.31 Å². The number of nitrogens with zero attached hydrogens (tertiary/aromatic N) is 1. The molecule has 150 valence electrons. The van der Waals surface area contributed by atoms with Crippen molar-refractivity contribution >= 4 is 38.1 Å². The smallest absolute Gasteiger partial charge is 0.260 e. The Hall–Kier alpha value is -3.06. The van der Waals surface area contributed by atoms with Crippen molar-refractivity contribution in [1.82, 2.24) is 0 Å². The summed E-state index contributed by atoms with van der Waals surface area (Å²) in [6, 6.07) is 18.3. The van der Waals surface area contributed by atoms with Crippen molar-refractivity contribution in [3.8, 4) is 5.75 Å². The number of hydrogen-bond donors (Lipinski definition) is 1. The summed E-state index contributed by atoms with van der Waals surface area (Å²) >= 11 is 0. The molecule has 6 nitrogen and oxygen atoms in total. The van der Waals surface area contributed by atoms with Gasteiger partial charge in [0.05, 0.1) is 23.6 Å². The zero-order valence-electron chi connectivity index (χ0n) is 16.1. The largest absolute Gasteiger partial charge is 0.493 e. The van der Waals surface area contributed by atoms with Crippen molar-refractivity contribution in [1.29, 1.82) is 0 Å². The van der Waals surface area contributed by atoms with Crippen LogP contribution in [-0.2, 0) is 10.0 Å². The molecule has 0 aliphatic carbocycles. The van der Waals surface area contributed by atoms with Gasteiger partial charge in [-0.1, -0.05) is 36.4 Å². The standard InChI is InChI=1S/C22H22N2O4S/c1-2-28-20-12-11-16-7-3-4-10-19(16)21(20)22(25)23-17-8-5-9-18(15-17)24-13-6-14-29(24,26)27/h3-5,7-12,15H,2,6,13-14H2,1H3,(H,23,25). The number of ether oxygens (including phenoxy) is 1. The monoisotopic (exact) mass is 410 g/mol. The van der Waals surface area contributed by atoms with Crippen molar-refractivity contribution in [2.75, 3.05) is 28.5 Å². The highest BCUT2D eigenvalue weighted by atomic mass is 32.2. The van der Waals surface area contributed by atoms with Crippen LogP contribution < -0.4 is 14.4 Å². The van der Waals surface area contributed by atoms with Crippen LogP contribution in [0.25, 0.3) is 10.8 Å². The van der Waals surface area contributed by atoms with Crippen molar-refractivity contribution < 1.29 is 17.9 Å². The van der Waals surface area contributed by atoms with Gasteiger partial charge in [0.15, 0.2) is 0 Å². The fourth-order valence-corrected chi connectivity index (χ4v) is 5.18. The van der Waals surface area contributed by atoms with Crippen molar-refractivity contribution in [2.24, 2.45) is 0 Å². The SMILES string of the molecule is CCOc1ccc2ccccc2c1C(=O)Nc1cccc(N2CCCS2(=O)=O)c1. The third kappa shape index (κ3) is 3.78. The van der Waals surface area contributed by atoms with Gasteiger partial charge in [-0.2, -0.15) is 0 Å². The van der Waals surface area contributed by atoms with Gasteiger partial charge in [-0.15, -0.1) is 0 Å². The molecule has 1 saturated heterocycles. The number of carbonyl (C=O) groups is 1. The van der Waals surface area contributed by atoms with E-state index in [0.29, 0.717) is 42.3 Å². The van der Waals surface area contributed by atoms with Gasteiger partial charge in [-0.3, -0.25) is 9.10 Å². The van der Waals surface area contributed by atoms with Crippen LogP contribution in [0, 0.1) is 0 Å². The number of sulfonamides is 1. The molecular formula is C22H22N2O4S. The molecule has 0 bridgehead atoms. The summed E-state index contributed by atoms with van der Waals surface area (Å²) in [5.74, 6) is 0.366. The molecule has 29 heavy (non-hydrogen) atoms. The molecule has 0 unspecified atom stereocenters. The Morgan fingerprint density at radius 2 is 1.93 bits per heavy atom. The highest BCUT2D eigenvalue weighted by Gasteiger charge is 2.28. The highest BCUT2D eigenvalue weighted by molar-refractivity contribution is 7.93. The van der Waals surface area contributed by atoms with Gasteiger partial charge in [-0.25, -0.2) is 8.42 Å². The second kappa shape index (κ2) is 7.75. The molecule has 3 aromatic carbocycles. The first kappa shape index (κ1) is 19.3. The second-order valence-corrected chi connectivity index (χ2v) is 8.85. The first-order chi connectivity index (χ1) is 14.0. The molecule has 1 fully saturated rings. The minimum Gasteiger partial charge on any atom is -0.493 e. The van der Waals surface area contributed by atoms with Crippen molar-refractivity contribution in [3.63, 3.8) is 0 Å². The molecule has 0 aromatic heterocycles. The Labute approximate surface area is 170 Å². The lowest BCUT2D eigenvalue weighted by Crippen LogP contribution is -2.25. The van der Waals surface area contributed by atoms with Crippen LogP contribution in [0.3, 0.4) is 0 Å². The zero-order valence-corrected chi connectivity index (χ0v) is 16.9. The summed E-state index contributed by atoms with van der Waals surface area (Å²) in [5.41, 5.74) is 1.55. The van der Waals surface area contributed by atoms with Crippen LogP contribution in [0.5, 0.6) is 5.75 Å². The third-order valence-corrected chi connectivity index (χ3v) is 6.78. The van der Waals surface area contributed by atoms with E-state index < -0.39 is 10.0 Å². The molecule has 1 aliphatic rings. The van der Waals surface area contributed by atoms with E-state index in [0.717, 1.165) is 10.8 Å². The number of fused-ring (bicyclic) bond motifs is 1. The molecular weight excluding hydrogens is 388 g/mol. The normalized spacial score (nSPS) is 15.4. The van der Waals surface area contributed by atoms with Crippen LogP contribution >= 0.6 is 0 Å². The summed E-state index contributed by atoms with van der Waals surface area (Å²) in [7, 11) is -3.28. The quantitative estimate of drug-likeness (QED) is 0.689. The fourth-order valence-electron chi connectivity index (χ4n) is 3.62.